The molecule has 1 amide bonds. The van der Waals surface area contributed by atoms with E-state index >= 15 is 0 Å². The van der Waals surface area contributed by atoms with E-state index < -0.39 is 12.1 Å². The van der Waals surface area contributed by atoms with Gasteiger partial charge in [0.2, 0.25) is 0 Å². The lowest BCUT2D eigenvalue weighted by molar-refractivity contribution is -0.138. The average Bonchev–Trinajstić information content (AvgIpc) is 2.46. The number of alkyl carbamates (subject to hydrolysis) is 1. The lowest BCUT2D eigenvalue weighted by Gasteiger charge is -2.31. The van der Waals surface area contributed by atoms with Crippen LogP contribution in [0.5, 0.6) is 0 Å². The Morgan fingerprint density at radius 3 is 2.81 bits per heavy atom. The Labute approximate surface area is 123 Å². The number of nitrogens with one attached hydrogen (secondary N) is 1. The Bertz CT molecular complexity index is 478. The number of benzene rings is 1. The highest BCUT2D eigenvalue weighted by molar-refractivity contribution is 5.69. The number of hydrogen-bond donors (Lipinski definition) is 2. The largest absolute Gasteiger partial charge is 0.480 e. The van der Waals surface area contributed by atoms with Crippen LogP contribution in [0.2, 0.25) is 0 Å². The number of carbonyl (C=O) groups excluding carboxylic acids is 1. The predicted octanol–water partition coefficient (Wildman–Crippen LogP) is 1.46. The van der Waals surface area contributed by atoms with E-state index in [9.17, 15) is 9.59 Å². The van der Waals surface area contributed by atoms with Gasteiger partial charge < -0.3 is 15.2 Å². The fourth-order valence-corrected chi connectivity index (χ4v) is 2.44. The summed E-state index contributed by atoms with van der Waals surface area (Å²) in [6.45, 7) is 1.55. The Morgan fingerprint density at radius 2 is 2.10 bits per heavy atom. The van der Waals surface area contributed by atoms with Gasteiger partial charge in [0.15, 0.2) is 0 Å². The standard InChI is InChI=1S/C15H20N2O4/c18-14(19)10-17-8-4-7-13(9-17)16-15(20)21-11-12-5-2-1-3-6-12/h1-3,5-6,13H,4,7-11H2,(H,16,20)(H,18,19). The summed E-state index contributed by atoms with van der Waals surface area (Å²) >= 11 is 0. The molecule has 6 heteroatoms. The number of rotatable bonds is 5. The molecule has 1 heterocycles. The molecule has 0 bridgehead atoms. The van der Waals surface area contributed by atoms with Crippen molar-refractivity contribution in [3.8, 4) is 0 Å². The van der Waals surface area contributed by atoms with Gasteiger partial charge in [0.25, 0.3) is 0 Å². The topological polar surface area (TPSA) is 78.9 Å². The maximum Gasteiger partial charge on any atom is 0.407 e. The van der Waals surface area contributed by atoms with Crippen molar-refractivity contribution in [2.24, 2.45) is 0 Å². The maximum absolute atomic E-state index is 11.7. The van der Waals surface area contributed by atoms with Gasteiger partial charge in [0, 0.05) is 12.6 Å². The second-order valence-electron chi connectivity index (χ2n) is 5.17. The molecule has 1 aliphatic heterocycles. The van der Waals surface area contributed by atoms with Gasteiger partial charge in [-0.15, -0.1) is 0 Å². The van der Waals surface area contributed by atoms with Crippen molar-refractivity contribution >= 4 is 12.1 Å². The molecule has 0 spiro atoms. The SMILES string of the molecule is O=C(O)CN1CCCC(NC(=O)OCc2ccccc2)C1. The van der Waals surface area contributed by atoms with Crippen LogP contribution >= 0.6 is 0 Å². The summed E-state index contributed by atoms with van der Waals surface area (Å²) in [4.78, 5) is 24.3. The minimum absolute atomic E-state index is 0.0112. The molecule has 0 radical (unpaired) electrons. The lowest BCUT2D eigenvalue weighted by atomic mass is 10.1. The van der Waals surface area contributed by atoms with E-state index in [4.69, 9.17) is 9.84 Å². The van der Waals surface area contributed by atoms with E-state index in [1.165, 1.54) is 0 Å². The third kappa shape index (κ3) is 5.43. The first-order valence-corrected chi connectivity index (χ1v) is 7.05. The number of aliphatic carboxylic acids is 1. The van der Waals surface area contributed by atoms with E-state index in [0.717, 1.165) is 24.9 Å². The van der Waals surface area contributed by atoms with Crippen LogP contribution in [0.15, 0.2) is 30.3 Å². The van der Waals surface area contributed by atoms with Crippen molar-refractivity contribution in [2.75, 3.05) is 19.6 Å². The normalized spacial score (nSPS) is 19.0. The molecule has 1 saturated heterocycles. The molecule has 1 atom stereocenters. The minimum Gasteiger partial charge on any atom is -0.480 e. The summed E-state index contributed by atoms with van der Waals surface area (Å²) in [5.74, 6) is -0.845. The molecule has 114 valence electrons. The summed E-state index contributed by atoms with van der Waals surface area (Å²) in [7, 11) is 0. The second-order valence-corrected chi connectivity index (χ2v) is 5.17. The molecule has 6 nitrogen and oxygen atoms in total. The van der Waals surface area contributed by atoms with Gasteiger partial charge in [-0.2, -0.15) is 0 Å². The minimum atomic E-state index is -0.845. The first kappa shape index (κ1) is 15.3. The quantitative estimate of drug-likeness (QED) is 0.859. The third-order valence-electron chi connectivity index (χ3n) is 3.40. The molecule has 0 aliphatic carbocycles. The van der Waals surface area contributed by atoms with Gasteiger partial charge in [0.1, 0.15) is 6.61 Å². The van der Waals surface area contributed by atoms with E-state index in [2.05, 4.69) is 5.32 Å². The molecule has 1 aromatic rings. The lowest BCUT2D eigenvalue weighted by Crippen LogP contribution is -2.49. The van der Waals surface area contributed by atoms with Crippen molar-refractivity contribution in [2.45, 2.75) is 25.5 Å². The monoisotopic (exact) mass is 292 g/mol. The van der Waals surface area contributed by atoms with E-state index in [-0.39, 0.29) is 19.2 Å². The van der Waals surface area contributed by atoms with Crippen LogP contribution in [0.1, 0.15) is 18.4 Å². The van der Waals surface area contributed by atoms with Crippen molar-refractivity contribution in [3.63, 3.8) is 0 Å². The van der Waals surface area contributed by atoms with Gasteiger partial charge in [-0.1, -0.05) is 30.3 Å². The highest BCUT2D eigenvalue weighted by atomic mass is 16.5. The van der Waals surface area contributed by atoms with Crippen LogP contribution in [-0.2, 0) is 16.1 Å². The predicted molar refractivity (Wildman–Crippen MR) is 76.9 cm³/mol. The maximum atomic E-state index is 11.7. The molecular formula is C15H20N2O4. The summed E-state index contributed by atoms with van der Waals surface area (Å²) in [5, 5.41) is 11.6. The molecule has 0 saturated carbocycles. The summed E-state index contributed by atoms with van der Waals surface area (Å²) < 4.78 is 5.16. The smallest absolute Gasteiger partial charge is 0.407 e. The number of carbonyl (C=O) groups is 2. The molecule has 1 aliphatic rings. The zero-order chi connectivity index (χ0) is 15.1. The first-order valence-electron chi connectivity index (χ1n) is 7.05. The molecule has 0 aromatic heterocycles. The first-order chi connectivity index (χ1) is 10.1. The molecule has 1 fully saturated rings. The molecule has 1 aromatic carbocycles. The zero-order valence-corrected chi connectivity index (χ0v) is 11.8. The molecule has 1 unspecified atom stereocenters. The van der Waals surface area contributed by atoms with Crippen LogP contribution in [0.4, 0.5) is 4.79 Å². The Balaban J connectivity index is 1.73. The van der Waals surface area contributed by atoms with Crippen LogP contribution < -0.4 is 5.32 Å². The van der Waals surface area contributed by atoms with Crippen molar-refractivity contribution in [3.05, 3.63) is 35.9 Å². The van der Waals surface area contributed by atoms with E-state index in [1.807, 2.05) is 35.2 Å². The number of hydrogen-bond acceptors (Lipinski definition) is 4. The number of carboxylic acid groups (broad SMARTS) is 1. The molecule has 2 rings (SSSR count). The molecule has 2 N–H and O–H groups in total. The van der Waals surface area contributed by atoms with Gasteiger partial charge in [-0.25, -0.2) is 4.79 Å². The Hall–Kier alpha value is -2.08. The van der Waals surface area contributed by atoms with Crippen LogP contribution in [-0.4, -0.2) is 47.7 Å². The van der Waals surface area contributed by atoms with Crippen LogP contribution in [0.25, 0.3) is 0 Å². The fraction of sp³-hybridized carbons (Fsp3) is 0.467. The number of carboxylic acids is 1. The summed E-state index contributed by atoms with van der Waals surface area (Å²) in [5.41, 5.74) is 0.934. The summed E-state index contributed by atoms with van der Waals surface area (Å²) in [6.07, 6.45) is 1.26. The number of nitrogens with zero attached hydrogens (tertiary/aromatic N) is 1. The van der Waals surface area contributed by atoms with Gasteiger partial charge >= 0.3 is 12.1 Å². The fourth-order valence-electron chi connectivity index (χ4n) is 2.44. The number of piperidine rings is 1. The third-order valence-corrected chi connectivity index (χ3v) is 3.40. The van der Waals surface area contributed by atoms with E-state index in [0.29, 0.717) is 6.54 Å². The van der Waals surface area contributed by atoms with E-state index in [1.54, 1.807) is 0 Å². The number of likely N-dealkylation sites (tertiary alicyclic amines) is 1. The van der Waals surface area contributed by atoms with Crippen molar-refractivity contribution in [1.29, 1.82) is 0 Å². The van der Waals surface area contributed by atoms with Crippen LogP contribution in [0.3, 0.4) is 0 Å². The van der Waals surface area contributed by atoms with Crippen LogP contribution in [0, 0.1) is 0 Å². The highest BCUT2D eigenvalue weighted by Crippen LogP contribution is 2.10. The molecule has 21 heavy (non-hydrogen) atoms. The summed E-state index contributed by atoms with van der Waals surface area (Å²) in [6, 6.07) is 9.41. The number of ether oxygens (including phenoxy) is 1. The number of amides is 1. The Kier molecular flexibility index (Phi) is 5.57. The zero-order valence-electron chi connectivity index (χ0n) is 11.8. The van der Waals surface area contributed by atoms with Crippen molar-refractivity contribution in [1.82, 2.24) is 10.2 Å². The molecular weight excluding hydrogens is 272 g/mol. The highest BCUT2D eigenvalue weighted by Gasteiger charge is 2.23. The Morgan fingerprint density at radius 1 is 1.33 bits per heavy atom. The van der Waals surface area contributed by atoms with Gasteiger partial charge in [-0.05, 0) is 24.9 Å². The average molecular weight is 292 g/mol. The van der Waals surface area contributed by atoms with Crippen molar-refractivity contribution < 1.29 is 19.4 Å². The van der Waals surface area contributed by atoms with Gasteiger partial charge in [0.05, 0.1) is 6.54 Å². The second kappa shape index (κ2) is 7.64. The van der Waals surface area contributed by atoms with Gasteiger partial charge in [-0.3, -0.25) is 9.69 Å².